The first-order chi connectivity index (χ1) is 14.1. The van der Waals surface area contributed by atoms with Gasteiger partial charge in [-0.05, 0) is 65.6 Å². The molecule has 0 aromatic heterocycles. The van der Waals surface area contributed by atoms with E-state index in [4.69, 9.17) is 0 Å². The molecular formula is C25H23F3O. The standard InChI is InChI=1S/C25H23F3O/c1-2-3-4-5-6-18-7-9-19(10-8-18)20-11-13-21(14-12-20)22-15-16-24(23(26)17-22)29-25(27)28/h2,7-17,25H,1,3-6H2. The molecule has 0 unspecified atom stereocenters. The van der Waals surface area contributed by atoms with Crippen molar-refractivity contribution in [3.63, 3.8) is 0 Å². The Morgan fingerprint density at radius 1 is 0.793 bits per heavy atom. The Bertz CT molecular complexity index is 931. The molecule has 3 rings (SSSR count). The van der Waals surface area contributed by atoms with Crippen molar-refractivity contribution in [2.45, 2.75) is 32.3 Å². The monoisotopic (exact) mass is 396 g/mol. The number of hydrogen-bond acceptors (Lipinski definition) is 1. The third kappa shape index (κ3) is 5.74. The Balaban J connectivity index is 1.68. The van der Waals surface area contributed by atoms with Gasteiger partial charge in [0.25, 0.3) is 0 Å². The third-order valence-corrected chi connectivity index (χ3v) is 4.78. The summed E-state index contributed by atoms with van der Waals surface area (Å²) in [5, 5.41) is 0. The van der Waals surface area contributed by atoms with Gasteiger partial charge in [-0.1, -0.05) is 60.7 Å². The number of aryl methyl sites for hydroxylation is 1. The smallest absolute Gasteiger partial charge is 0.387 e. The van der Waals surface area contributed by atoms with E-state index in [2.05, 4.69) is 35.6 Å². The first-order valence-corrected chi connectivity index (χ1v) is 9.62. The predicted octanol–water partition coefficient (Wildman–Crippen LogP) is 7.66. The Morgan fingerprint density at radius 2 is 1.34 bits per heavy atom. The number of alkyl halides is 2. The average Bonchev–Trinajstić information content (AvgIpc) is 2.73. The number of rotatable bonds is 9. The SMILES string of the molecule is C=CCCCCc1ccc(-c2ccc(-c3ccc(OC(F)F)c(F)c3)cc2)cc1. The lowest BCUT2D eigenvalue weighted by molar-refractivity contribution is -0.0521. The van der Waals surface area contributed by atoms with E-state index in [0.717, 1.165) is 42.4 Å². The molecule has 0 heterocycles. The van der Waals surface area contributed by atoms with Crippen LogP contribution in [0.4, 0.5) is 13.2 Å². The Morgan fingerprint density at radius 3 is 1.90 bits per heavy atom. The molecule has 0 N–H and O–H groups in total. The Kier molecular flexibility index (Phi) is 7.12. The second-order valence-corrected chi connectivity index (χ2v) is 6.83. The van der Waals surface area contributed by atoms with Crippen LogP contribution in [-0.4, -0.2) is 6.61 Å². The summed E-state index contributed by atoms with van der Waals surface area (Å²) in [5.74, 6) is -1.26. The van der Waals surface area contributed by atoms with E-state index >= 15 is 0 Å². The van der Waals surface area contributed by atoms with E-state index in [0.29, 0.717) is 5.56 Å². The molecule has 0 atom stereocenters. The molecule has 29 heavy (non-hydrogen) atoms. The van der Waals surface area contributed by atoms with Crippen LogP contribution in [-0.2, 0) is 6.42 Å². The molecule has 0 amide bonds. The quantitative estimate of drug-likeness (QED) is 0.266. The Hall–Kier alpha value is -3.01. The van der Waals surface area contributed by atoms with Crippen molar-refractivity contribution >= 4 is 0 Å². The van der Waals surface area contributed by atoms with E-state index in [-0.39, 0.29) is 0 Å². The fourth-order valence-corrected chi connectivity index (χ4v) is 3.21. The molecular weight excluding hydrogens is 373 g/mol. The summed E-state index contributed by atoms with van der Waals surface area (Å²) in [6.07, 6.45) is 6.37. The molecule has 3 aromatic carbocycles. The normalized spacial score (nSPS) is 10.9. The van der Waals surface area contributed by atoms with Crippen molar-refractivity contribution in [3.8, 4) is 28.0 Å². The summed E-state index contributed by atoms with van der Waals surface area (Å²) in [6.45, 7) is 0.695. The van der Waals surface area contributed by atoms with E-state index in [1.807, 2.05) is 30.3 Å². The van der Waals surface area contributed by atoms with Crippen LogP contribution in [0.1, 0.15) is 24.8 Å². The predicted molar refractivity (Wildman–Crippen MR) is 112 cm³/mol. The maximum atomic E-state index is 13.9. The minimum absolute atomic E-state index is 0.454. The third-order valence-electron chi connectivity index (χ3n) is 4.78. The second kappa shape index (κ2) is 9.97. The van der Waals surface area contributed by atoms with Crippen LogP contribution >= 0.6 is 0 Å². The van der Waals surface area contributed by atoms with Crippen molar-refractivity contribution in [2.75, 3.05) is 0 Å². The van der Waals surface area contributed by atoms with Gasteiger partial charge in [0, 0.05) is 0 Å². The van der Waals surface area contributed by atoms with Crippen LogP contribution in [0.5, 0.6) is 5.75 Å². The van der Waals surface area contributed by atoms with Gasteiger partial charge in [-0.2, -0.15) is 8.78 Å². The molecule has 0 saturated carbocycles. The maximum absolute atomic E-state index is 13.9. The van der Waals surface area contributed by atoms with Gasteiger partial charge in [-0.3, -0.25) is 0 Å². The van der Waals surface area contributed by atoms with Gasteiger partial charge in [0.2, 0.25) is 0 Å². The Labute approximate surface area is 169 Å². The zero-order valence-electron chi connectivity index (χ0n) is 16.1. The fourth-order valence-electron chi connectivity index (χ4n) is 3.21. The minimum atomic E-state index is -3.05. The lowest BCUT2D eigenvalue weighted by atomic mass is 9.98. The topological polar surface area (TPSA) is 9.23 Å². The van der Waals surface area contributed by atoms with Crippen LogP contribution in [0, 0.1) is 5.82 Å². The van der Waals surface area contributed by atoms with Crippen LogP contribution in [0.2, 0.25) is 0 Å². The van der Waals surface area contributed by atoms with E-state index < -0.39 is 18.2 Å². The summed E-state index contributed by atoms with van der Waals surface area (Å²) in [6, 6.07) is 20.2. The summed E-state index contributed by atoms with van der Waals surface area (Å²) < 4.78 is 42.6. The van der Waals surface area contributed by atoms with Gasteiger partial charge >= 0.3 is 6.61 Å². The number of halogens is 3. The number of ether oxygens (including phenoxy) is 1. The average molecular weight is 396 g/mol. The molecule has 0 spiro atoms. The van der Waals surface area contributed by atoms with Crippen LogP contribution in [0.15, 0.2) is 79.4 Å². The van der Waals surface area contributed by atoms with Crippen molar-refractivity contribution in [3.05, 3.63) is 90.8 Å². The highest BCUT2D eigenvalue weighted by molar-refractivity contribution is 5.71. The summed E-state index contributed by atoms with van der Waals surface area (Å²) >= 11 is 0. The lowest BCUT2D eigenvalue weighted by Gasteiger charge is -2.09. The van der Waals surface area contributed by atoms with Gasteiger partial charge < -0.3 is 4.74 Å². The number of allylic oxidation sites excluding steroid dienone is 1. The van der Waals surface area contributed by atoms with E-state index in [1.54, 1.807) is 6.07 Å². The summed E-state index contributed by atoms with van der Waals surface area (Å²) in [4.78, 5) is 0. The molecule has 0 radical (unpaired) electrons. The molecule has 0 aliphatic carbocycles. The van der Waals surface area contributed by atoms with Gasteiger partial charge in [0.05, 0.1) is 0 Å². The first-order valence-electron chi connectivity index (χ1n) is 9.62. The van der Waals surface area contributed by atoms with Crippen LogP contribution < -0.4 is 4.74 Å². The molecule has 0 aliphatic rings. The summed E-state index contributed by atoms with van der Waals surface area (Å²) in [7, 11) is 0. The zero-order valence-corrected chi connectivity index (χ0v) is 16.1. The molecule has 3 aromatic rings. The van der Waals surface area contributed by atoms with Gasteiger partial charge in [0.15, 0.2) is 11.6 Å². The minimum Gasteiger partial charge on any atom is -0.432 e. The van der Waals surface area contributed by atoms with Crippen molar-refractivity contribution < 1.29 is 17.9 Å². The van der Waals surface area contributed by atoms with Gasteiger partial charge in [-0.15, -0.1) is 6.58 Å². The lowest BCUT2D eigenvalue weighted by Crippen LogP contribution is -2.03. The number of hydrogen-bond donors (Lipinski definition) is 0. The molecule has 0 aliphatic heterocycles. The van der Waals surface area contributed by atoms with Gasteiger partial charge in [-0.25, -0.2) is 4.39 Å². The fraction of sp³-hybridized carbons (Fsp3) is 0.200. The molecule has 1 nitrogen and oxygen atoms in total. The molecule has 4 heteroatoms. The number of benzene rings is 3. The van der Waals surface area contributed by atoms with Crippen molar-refractivity contribution in [1.29, 1.82) is 0 Å². The molecule has 0 fully saturated rings. The number of unbranched alkanes of at least 4 members (excludes halogenated alkanes) is 2. The van der Waals surface area contributed by atoms with E-state index in [1.165, 1.54) is 17.7 Å². The van der Waals surface area contributed by atoms with Crippen molar-refractivity contribution in [1.82, 2.24) is 0 Å². The van der Waals surface area contributed by atoms with E-state index in [9.17, 15) is 13.2 Å². The molecule has 0 bridgehead atoms. The second-order valence-electron chi connectivity index (χ2n) is 6.83. The van der Waals surface area contributed by atoms with Crippen LogP contribution in [0.3, 0.4) is 0 Å². The highest BCUT2D eigenvalue weighted by Gasteiger charge is 2.11. The maximum Gasteiger partial charge on any atom is 0.387 e. The van der Waals surface area contributed by atoms with Gasteiger partial charge in [0.1, 0.15) is 0 Å². The molecule has 0 saturated heterocycles. The highest BCUT2D eigenvalue weighted by atomic mass is 19.3. The largest absolute Gasteiger partial charge is 0.432 e. The molecule has 150 valence electrons. The summed E-state index contributed by atoms with van der Waals surface area (Å²) in [5.41, 5.74) is 4.89. The van der Waals surface area contributed by atoms with Crippen LogP contribution in [0.25, 0.3) is 22.3 Å². The zero-order chi connectivity index (χ0) is 20.6. The first kappa shape index (κ1) is 20.7. The van der Waals surface area contributed by atoms with Crippen molar-refractivity contribution in [2.24, 2.45) is 0 Å². The highest BCUT2D eigenvalue weighted by Crippen LogP contribution is 2.29.